The number of furan rings is 1. The second-order valence-corrected chi connectivity index (χ2v) is 8.91. The lowest BCUT2D eigenvalue weighted by molar-refractivity contribution is -0.116. The van der Waals surface area contributed by atoms with Gasteiger partial charge in [0.25, 0.3) is 0 Å². The quantitative estimate of drug-likeness (QED) is 0.395. The van der Waals surface area contributed by atoms with Crippen molar-refractivity contribution in [3.05, 3.63) is 78.3 Å². The molecule has 3 heterocycles. The van der Waals surface area contributed by atoms with E-state index < -0.39 is 0 Å². The van der Waals surface area contributed by atoms with Crippen LogP contribution in [-0.4, -0.2) is 39.6 Å². The molecule has 0 saturated carbocycles. The maximum absolute atomic E-state index is 13.2. The summed E-state index contributed by atoms with van der Waals surface area (Å²) in [5, 5.41) is 18.3. The molecule has 170 valence electrons. The molecule has 9 heteroatoms. The Morgan fingerprint density at radius 3 is 2.62 bits per heavy atom. The summed E-state index contributed by atoms with van der Waals surface area (Å²) in [4.78, 5) is 15.0. The SMILES string of the molecule is COc1ccc(-c2nnc(SC3CCN(c4ccc(C#N)cc4)C3=O)n2Cc2ccco2)cc1. The molecule has 34 heavy (non-hydrogen) atoms. The summed E-state index contributed by atoms with van der Waals surface area (Å²) in [5.41, 5.74) is 2.25. The standard InChI is InChI=1S/C25H21N5O3S/c1-32-20-10-6-18(7-11-20)23-27-28-25(30(23)16-21-3-2-14-33-21)34-22-12-13-29(24(22)31)19-8-4-17(15-26)5-9-19/h2-11,14,22H,12-13,16H2,1H3. The molecule has 4 aromatic rings. The molecule has 0 N–H and O–H groups in total. The monoisotopic (exact) mass is 471 g/mol. The lowest BCUT2D eigenvalue weighted by Crippen LogP contribution is -2.28. The first kappa shape index (κ1) is 21.8. The summed E-state index contributed by atoms with van der Waals surface area (Å²) < 4.78 is 12.8. The van der Waals surface area contributed by atoms with Crippen molar-refractivity contribution in [1.82, 2.24) is 14.8 Å². The zero-order valence-electron chi connectivity index (χ0n) is 18.4. The van der Waals surface area contributed by atoms with E-state index in [1.807, 2.05) is 53.1 Å². The fourth-order valence-corrected chi connectivity index (χ4v) is 4.97. The van der Waals surface area contributed by atoms with Crippen molar-refractivity contribution in [2.24, 2.45) is 0 Å². The van der Waals surface area contributed by atoms with Crippen LogP contribution in [0.4, 0.5) is 5.69 Å². The van der Waals surface area contributed by atoms with E-state index in [1.165, 1.54) is 11.8 Å². The van der Waals surface area contributed by atoms with Gasteiger partial charge in [0.15, 0.2) is 11.0 Å². The number of aromatic nitrogens is 3. The van der Waals surface area contributed by atoms with Crippen molar-refractivity contribution in [2.75, 3.05) is 18.6 Å². The molecule has 0 aliphatic carbocycles. The van der Waals surface area contributed by atoms with Crippen LogP contribution in [0, 0.1) is 11.3 Å². The molecule has 1 atom stereocenters. The fourth-order valence-electron chi connectivity index (χ4n) is 3.89. The third kappa shape index (κ3) is 4.28. The first-order valence-electron chi connectivity index (χ1n) is 10.7. The Bertz CT molecular complexity index is 1320. The predicted molar refractivity (Wildman–Crippen MR) is 128 cm³/mol. The van der Waals surface area contributed by atoms with Crippen LogP contribution in [0.3, 0.4) is 0 Å². The number of ether oxygens (including phenoxy) is 1. The topological polar surface area (TPSA) is 97.2 Å². The molecule has 0 bridgehead atoms. The van der Waals surface area contributed by atoms with Crippen LogP contribution in [-0.2, 0) is 11.3 Å². The van der Waals surface area contributed by atoms with Gasteiger partial charge in [0.2, 0.25) is 5.91 Å². The molecule has 2 aromatic carbocycles. The van der Waals surface area contributed by atoms with E-state index in [4.69, 9.17) is 14.4 Å². The van der Waals surface area contributed by atoms with Crippen LogP contribution >= 0.6 is 11.8 Å². The normalized spacial score (nSPS) is 15.5. The Morgan fingerprint density at radius 2 is 1.94 bits per heavy atom. The summed E-state index contributed by atoms with van der Waals surface area (Å²) in [7, 11) is 1.63. The van der Waals surface area contributed by atoms with Crippen molar-refractivity contribution in [3.63, 3.8) is 0 Å². The first-order chi connectivity index (χ1) is 16.7. The van der Waals surface area contributed by atoms with Crippen LogP contribution < -0.4 is 9.64 Å². The van der Waals surface area contributed by atoms with Gasteiger partial charge in [0.05, 0.1) is 36.8 Å². The third-order valence-electron chi connectivity index (χ3n) is 5.67. The van der Waals surface area contributed by atoms with Crippen molar-refractivity contribution < 1.29 is 13.9 Å². The van der Waals surface area contributed by atoms with Gasteiger partial charge in [-0.05, 0) is 67.1 Å². The molecular formula is C25H21N5O3S. The Morgan fingerprint density at radius 1 is 1.15 bits per heavy atom. The molecule has 0 radical (unpaired) electrons. The Balaban J connectivity index is 1.41. The second kappa shape index (κ2) is 9.45. The van der Waals surface area contributed by atoms with Crippen molar-refractivity contribution >= 4 is 23.4 Å². The van der Waals surface area contributed by atoms with Crippen LogP contribution in [0.2, 0.25) is 0 Å². The van der Waals surface area contributed by atoms with Gasteiger partial charge in [-0.25, -0.2) is 0 Å². The van der Waals surface area contributed by atoms with Crippen molar-refractivity contribution in [3.8, 4) is 23.2 Å². The highest BCUT2D eigenvalue weighted by Crippen LogP contribution is 2.34. The van der Waals surface area contributed by atoms with Gasteiger partial charge in [-0.3, -0.25) is 9.36 Å². The van der Waals surface area contributed by atoms with Gasteiger partial charge in [-0.15, -0.1) is 10.2 Å². The van der Waals surface area contributed by atoms with E-state index in [9.17, 15) is 4.79 Å². The van der Waals surface area contributed by atoms with Gasteiger partial charge in [-0.1, -0.05) is 11.8 Å². The minimum absolute atomic E-state index is 0.0215. The van der Waals surface area contributed by atoms with E-state index >= 15 is 0 Å². The number of benzene rings is 2. The number of thioether (sulfide) groups is 1. The zero-order valence-corrected chi connectivity index (χ0v) is 19.2. The molecule has 1 aliphatic heterocycles. The number of anilines is 1. The first-order valence-corrected chi connectivity index (χ1v) is 11.6. The number of nitriles is 1. The van der Waals surface area contributed by atoms with Gasteiger partial charge in [0.1, 0.15) is 11.5 Å². The molecule has 1 fully saturated rings. The molecule has 1 saturated heterocycles. The highest BCUT2D eigenvalue weighted by atomic mass is 32.2. The summed E-state index contributed by atoms with van der Waals surface area (Å²) in [6, 6.07) is 20.5. The van der Waals surface area contributed by atoms with E-state index in [2.05, 4.69) is 16.3 Å². The number of nitrogens with zero attached hydrogens (tertiary/aromatic N) is 5. The molecule has 2 aromatic heterocycles. The largest absolute Gasteiger partial charge is 0.497 e. The average Bonchev–Trinajstić information content (AvgIpc) is 3.62. The van der Waals surface area contributed by atoms with Crippen LogP contribution in [0.5, 0.6) is 5.75 Å². The highest BCUT2D eigenvalue weighted by Gasteiger charge is 2.35. The van der Waals surface area contributed by atoms with Crippen molar-refractivity contribution in [1.29, 1.82) is 5.26 Å². The number of hydrogen-bond acceptors (Lipinski definition) is 7. The van der Waals surface area contributed by atoms with Crippen LogP contribution in [0.15, 0.2) is 76.5 Å². The average molecular weight is 472 g/mol. The van der Waals surface area contributed by atoms with E-state index in [-0.39, 0.29) is 11.2 Å². The molecule has 5 rings (SSSR count). The fraction of sp³-hybridized carbons (Fsp3) is 0.200. The maximum Gasteiger partial charge on any atom is 0.240 e. The summed E-state index contributed by atoms with van der Waals surface area (Å²) >= 11 is 1.42. The van der Waals surface area contributed by atoms with Gasteiger partial charge in [0, 0.05) is 17.8 Å². The lowest BCUT2D eigenvalue weighted by Gasteiger charge is -2.17. The van der Waals surface area contributed by atoms with Crippen molar-refractivity contribution in [2.45, 2.75) is 23.4 Å². The van der Waals surface area contributed by atoms with E-state index in [0.29, 0.717) is 36.1 Å². The lowest BCUT2D eigenvalue weighted by atomic mass is 10.2. The van der Waals surface area contributed by atoms with Gasteiger partial charge in [-0.2, -0.15) is 5.26 Å². The minimum atomic E-state index is -0.279. The second-order valence-electron chi connectivity index (χ2n) is 7.74. The Labute approximate surface area is 200 Å². The minimum Gasteiger partial charge on any atom is -0.497 e. The number of rotatable bonds is 7. The van der Waals surface area contributed by atoms with Crippen LogP contribution in [0.1, 0.15) is 17.7 Å². The van der Waals surface area contributed by atoms with E-state index in [1.54, 1.807) is 30.4 Å². The van der Waals surface area contributed by atoms with Gasteiger partial charge >= 0.3 is 0 Å². The Kier molecular flexibility index (Phi) is 6.06. The maximum atomic E-state index is 13.2. The summed E-state index contributed by atoms with van der Waals surface area (Å²) in [5.74, 6) is 2.24. The third-order valence-corrected chi connectivity index (χ3v) is 6.91. The molecule has 0 spiro atoms. The predicted octanol–water partition coefficient (Wildman–Crippen LogP) is 4.36. The summed E-state index contributed by atoms with van der Waals surface area (Å²) in [6.07, 6.45) is 2.32. The highest BCUT2D eigenvalue weighted by molar-refractivity contribution is 8.00. The van der Waals surface area contributed by atoms with Crippen LogP contribution in [0.25, 0.3) is 11.4 Å². The summed E-state index contributed by atoms with van der Waals surface area (Å²) in [6.45, 7) is 1.06. The number of amides is 1. The molecule has 8 nitrogen and oxygen atoms in total. The van der Waals surface area contributed by atoms with E-state index in [0.717, 1.165) is 22.8 Å². The number of methoxy groups -OCH3 is 1. The molecule has 1 unspecified atom stereocenters. The number of carbonyl (C=O) groups is 1. The Hall–Kier alpha value is -4.03. The molecular weight excluding hydrogens is 450 g/mol. The number of hydrogen-bond donors (Lipinski definition) is 0. The molecule has 1 amide bonds. The smallest absolute Gasteiger partial charge is 0.240 e. The zero-order chi connectivity index (χ0) is 23.5. The van der Waals surface area contributed by atoms with Gasteiger partial charge < -0.3 is 14.1 Å². The number of carbonyl (C=O) groups excluding carboxylic acids is 1. The molecule has 1 aliphatic rings.